The zero-order valence-corrected chi connectivity index (χ0v) is 14.9. The zero-order valence-electron chi connectivity index (χ0n) is 14.9. The first-order valence-corrected chi connectivity index (χ1v) is 9.55. The van der Waals surface area contributed by atoms with Crippen LogP contribution in [0.15, 0.2) is 10.9 Å². The van der Waals surface area contributed by atoms with Crippen molar-refractivity contribution in [2.45, 2.75) is 51.1 Å². The first-order valence-electron chi connectivity index (χ1n) is 9.55. The Kier molecular flexibility index (Phi) is 4.65. The Morgan fingerprint density at radius 2 is 2.20 bits per heavy atom. The molecule has 0 unspecified atom stereocenters. The lowest BCUT2D eigenvalue weighted by atomic mass is 10.0. The second-order valence-corrected chi connectivity index (χ2v) is 7.49. The number of carbonyl (C=O) groups is 1. The summed E-state index contributed by atoms with van der Waals surface area (Å²) >= 11 is 0. The number of carbonyl (C=O) groups excluding carboxylic acids is 1. The fraction of sp³-hybridized carbons (Fsp3) is 0.684. The summed E-state index contributed by atoms with van der Waals surface area (Å²) in [6.45, 7) is 5.87. The fourth-order valence-electron chi connectivity index (χ4n) is 4.54. The van der Waals surface area contributed by atoms with Crippen molar-refractivity contribution in [1.29, 1.82) is 0 Å². The summed E-state index contributed by atoms with van der Waals surface area (Å²) in [6.07, 6.45) is 5.20. The largest absolute Gasteiger partial charge is 0.378 e. The summed E-state index contributed by atoms with van der Waals surface area (Å²) < 4.78 is 5.77. The minimum absolute atomic E-state index is 0.131. The second-order valence-electron chi connectivity index (χ2n) is 7.49. The Bertz CT molecular complexity index is 712. The molecule has 0 aromatic carbocycles. The van der Waals surface area contributed by atoms with Crippen molar-refractivity contribution in [2.24, 2.45) is 0 Å². The summed E-state index contributed by atoms with van der Waals surface area (Å²) in [5.74, 6) is -0.131. The number of amides is 1. The lowest BCUT2D eigenvalue weighted by Crippen LogP contribution is -2.62. The van der Waals surface area contributed by atoms with Crippen molar-refractivity contribution < 1.29 is 9.53 Å². The number of nitrogens with zero attached hydrogens (tertiary/aromatic N) is 2. The summed E-state index contributed by atoms with van der Waals surface area (Å²) in [5, 5.41) is 0. The molecule has 1 aliphatic carbocycles. The summed E-state index contributed by atoms with van der Waals surface area (Å²) in [7, 11) is 0. The molecule has 2 atom stereocenters. The number of fused-ring (bicyclic) bond motifs is 2. The molecule has 2 aliphatic heterocycles. The average Bonchev–Trinajstić information content (AvgIpc) is 3.07. The van der Waals surface area contributed by atoms with Crippen LogP contribution in [0, 0.1) is 0 Å². The number of hydrogen-bond acceptors (Lipinski definition) is 4. The van der Waals surface area contributed by atoms with E-state index in [1.165, 1.54) is 0 Å². The van der Waals surface area contributed by atoms with E-state index >= 15 is 0 Å². The Morgan fingerprint density at radius 1 is 1.32 bits per heavy atom. The van der Waals surface area contributed by atoms with Crippen molar-refractivity contribution in [2.75, 3.05) is 32.8 Å². The lowest BCUT2D eigenvalue weighted by Gasteiger charge is -2.48. The second kappa shape index (κ2) is 6.92. The predicted octanol–water partition coefficient (Wildman–Crippen LogP) is 1.19. The Balaban J connectivity index is 1.50. The summed E-state index contributed by atoms with van der Waals surface area (Å²) in [4.78, 5) is 32.6. The Labute approximate surface area is 148 Å². The number of aromatic nitrogens is 1. The number of aryl methyl sites for hydroxylation is 2. The molecule has 0 saturated carbocycles. The molecule has 1 N–H and O–H groups in total. The zero-order chi connectivity index (χ0) is 17.4. The van der Waals surface area contributed by atoms with Crippen LogP contribution < -0.4 is 5.56 Å². The summed E-state index contributed by atoms with van der Waals surface area (Å²) in [5.41, 5.74) is 2.20. The van der Waals surface area contributed by atoms with Crippen LogP contribution in [0.3, 0.4) is 0 Å². The number of ether oxygens (including phenoxy) is 1. The predicted molar refractivity (Wildman–Crippen MR) is 95.0 cm³/mol. The molecule has 25 heavy (non-hydrogen) atoms. The Morgan fingerprint density at radius 3 is 3.04 bits per heavy atom. The van der Waals surface area contributed by atoms with Crippen molar-refractivity contribution in [3.8, 4) is 0 Å². The van der Waals surface area contributed by atoms with Gasteiger partial charge >= 0.3 is 0 Å². The molecule has 2 fully saturated rings. The Hall–Kier alpha value is -1.66. The van der Waals surface area contributed by atoms with Gasteiger partial charge in [0.1, 0.15) is 5.56 Å². The molecule has 136 valence electrons. The molecule has 0 bridgehead atoms. The van der Waals surface area contributed by atoms with Gasteiger partial charge in [-0.3, -0.25) is 14.5 Å². The van der Waals surface area contributed by atoms with Crippen LogP contribution in [0.4, 0.5) is 0 Å². The highest BCUT2D eigenvalue weighted by molar-refractivity contribution is 5.94. The van der Waals surface area contributed by atoms with Crippen LogP contribution in [0.5, 0.6) is 0 Å². The fourth-order valence-corrected chi connectivity index (χ4v) is 4.54. The van der Waals surface area contributed by atoms with E-state index in [0.29, 0.717) is 31.3 Å². The van der Waals surface area contributed by atoms with Gasteiger partial charge in [-0.2, -0.15) is 0 Å². The van der Waals surface area contributed by atoms with Gasteiger partial charge in [0.2, 0.25) is 0 Å². The molecule has 3 heterocycles. The number of hydrogen-bond donors (Lipinski definition) is 1. The maximum atomic E-state index is 12.9. The molecule has 4 rings (SSSR count). The van der Waals surface area contributed by atoms with Crippen molar-refractivity contribution in [3.05, 3.63) is 33.2 Å². The van der Waals surface area contributed by atoms with E-state index in [1.54, 1.807) is 0 Å². The van der Waals surface area contributed by atoms with Crippen LogP contribution in [-0.4, -0.2) is 65.6 Å². The number of pyridine rings is 1. The highest BCUT2D eigenvalue weighted by Crippen LogP contribution is 2.23. The molecule has 1 aromatic heterocycles. The number of H-pyrrole nitrogens is 1. The third-order valence-corrected chi connectivity index (χ3v) is 5.85. The van der Waals surface area contributed by atoms with Crippen molar-refractivity contribution in [3.63, 3.8) is 0 Å². The van der Waals surface area contributed by atoms with E-state index in [0.717, 1.165) is 56.5 Å². The number of nitrogens with one attached hydrogen (secondary N) is 1. The number of morpholine rings is 1. The highest BCUT2D eigenvalue weighted by Gasteiger charge is 2.37. The van der Waals surface area contributed by atoms with Crippen LogP contribution in [-0.2, 0) is 17.6 Å². The molecule has 0 spiro atoms. The first-order chi connectivity index (χ1) is 12.2. The number of piperazine rings is 1. The van der Waals surface area contributed by atoms with Gasteiger partial charge in [0.15, 0.2) is 0 Å². The van der Waals surface area contributed by atoms with E-state index in [2.05, 4.69) is 16.8 Å². The lowest BCUT2D eigenvalue weighted by molar-refractivity contribution is -0.0776. The molecule has 3 aliphatic rings. The maximum absolute atomic E-state index is 12.9. The monoisotopic (exact) mass is 345 g/mol. The molecule has 0 radical (unpaired) electrons. The van der Waals surface area contributed by atoms with Gasteiger partial charge in [0.05, 0.1) is 19.3 Å². The maximum Gasteiger partial charge on any atom is 0.261 e. The topological polar surface area (TPSA) is 65.6 Å². The van der Waals surface area contributed by atoms with Gasteiger partial charge in [-0.1, -0.05) is 13.3 Å². The van der Waals surface area contributed by atoms with Crippen LogP contribution >= 0.6 is 0 Å². The highest BCUT2D eigenvalue weighted by atomic mass is 16.5. The molecule has 1 amide bonds. The van der Waals surface area contributed by atoms with Crippen LogP contribution in [0.2, 0.25) is 0 Å². The van der Waals surface area contributed by atoms with Crippen molar-refractivity contribution in [1.82, 2.24) is 14.8 Å². The minimum atomic E-state index is -0.239. The van der Waals surface area contributed by atoms with Gasteiger partial charge in [-0.25, -0.2) is 0 Å². The van der Waals surface area contributed by atoms with Gasteiger partial charge in [-0.15, -0.1) is 0 Å². The minimum Gasteiger partial charge on any atom is -0.378 e. The molecular formula is C19H27N3O3. The molecule has 1 aromatic rings. The SMILES string of the molecule is CCC[C@H]1COC[C@H]2CN(C(=O)c3cc4c([nH]c3=O)CCC4)CCN12. The average molecular weight is 345 g/mol. The molecule has 6 heteroatoms. The third-order valence-electron chi connectivity index (χ3n) is 5.85. The van der Waals surface area contributed by atoms with E-state index in [4.69, 9.17) is 4.74 Å². The van der Waals surface area contributed by atoms with Gasteiger partial charge < -0.3 is 14.6 Å². The van der Waals surface area contributed by atoms with E-state index < -0.39 is 0 Å². The van der Waals surface area contributed by atoms with E-state index in [1.807, 2.05) is 11.0 Å². The first kappa shape index (κ1) is 16.8. The van der Waals surface area contributed by atoms with Gasteiger partial charge in [0.25, 0.3) is 11.5 Å². The summed E-state index contributed by atoms with van der Waals surface area (Å²) in [6, 6.07) is 2.54. The van der Waals surface area contributed by atoms with Gasteiger partial charge in [-0.05, 0) is 37.3 Å². The normalized spacial score (nSPS) is 26.4. The van der Waals surface area contributed by atoms with Gasteiger partial charge in [0, 0.05) is 31.4 Å². The standard InChI is InChI=1S/C19H27N3O3/c1-2-4-14-11-25-12-15-10-21(7-8-22(14)15)19(24)16-9-13-5-3-6-17(13)20-18(16)23/h9,14-15H,2-8,10-12H2,1H3,(H,20,23)/t14-,15+/m0/s1. The molecular weight excluding hydrogens is 318 g/mol. The number of aromatic amines is 1. The van der Waals surface area contributed by atoms with Crippen molar-refractivity contribution >= 4 is 5.91 Å². The molecule has 2 saturated heterocycles. The van der Waals surface area contributed by atoms with E-state index in [-0.39, 0.29) is 17.5 Å². The van der Waals surface area contributed by atoms with Crippen LogP contribution in [0.1, 0.15) is 47.8 Å². The van der Waals surface area contributed by atoms with Crippen LogP contribution in [0.25, 0.3) is 0 Å². The quantitative estimate of drug-likeness (QED) is 0.894. The number of rotatable bonds is 3. The van der Waals surface area contributed by atoms with E-state index in [9.17, 15) is 9.59 Å². The smallest absolute Gasteiger partial charge is 0.261 e. The third kappa shape index (κ3) is 3.13. The molecule has 6 nitrogen and oxygen atoms in total.